The Labute approximate surface area is 147 Å². The van der Waals surface area contributed by atoms with Crippen molar-refractivity contribution in [3.8, 4) is 11.6 Å². The van der Waals surface area contributed by atoms with Gasteiger partial charge in [0, 0.05) is 42.9 Å². The molecule has 1 fully saturated rings. The first-order chi connectivity index (χ1) is 12.0. The molecule has 0 radical (unpaired) electrons. The van der Waals surface area contributed by atoms with Crippen LogP contribution in [0.2, 0.25) is 0 Å². The molecule has 25 heavy (non-hydrogen) atoms. The van der Waals surface area contributed by atoms with Crippen LogP contribution in [0.3, 0.4) is 0 Å². The number of rotatable bonds is 4. The van der Waals surface area contributed by atoms with Gasteiger partial charge in [-0.1, -0.05) is 13.0 Å². The van der Waals surface area contributed by atoms with Crippen molar-refractivity contribution in [2.75, 3.05) is 13.1 Å². The maximum absolute atomic E-state index is 12.6. The normalized spacial score (nSPS) is 19.9. The molecule has 1 saturated heterocycles. The van der Waals surface area contributed by atoms with Crippen LogP contribution < -0.4 is 10.5 Å². The molecule has 1 amide bonds. The van der Waals surface area contributed by atoms with Gasteiger partial charge < -0.3 is 20.5 Å². The highest BCUT2D eigenvalue weighted by molar-refractivity contribution is 5.94. The number of carbonyl (C=O) groups excluding carboxylic acids is 1. The summed E-state index contributed by atoms with van der Waals surface area (Å²) in [5.74, 6) is 0.984. The van der Waals surface area contributed by atoms with Crippen molar-refractivity contribution in [1.29, 1.82) is 0 Å². The molecule has 0 aliphatic carbocycles. The minimum atomic E-state index is -0.463. The lowest BCUT2D eigenvalue weighted by molar-refractivity contribution is 0.0764. The molecule has 0 saturated carbocycles. The number of pyridine rings is 1. The molecule has 6 nitrogen and oxygen atoms in total. The summed E-state index contributed by atoms with van der Waals surface area (Å²) in [6, 6.07) is 10.7. The van der Waals surface area contributed by atoms with E-state index in [9.17, 15) is 9.90 Å². The summed E-state index contributed by atoms with van der Waals surface area (Å²) in [7, 11) is 0. The van der Waals surface area contributed by atoms with Crippen LogP contribution in [0.5, 0.6) is 11.6 Å². The monoisotopic (exact) mass is 341 g/mol. The summed E-state index contributed by atoms with van der Waals surface area (Å²) in [5, 5.41) is 9.85. The standard InChI is InChI=1S/C19H23N3O3/c1-12-10-22(11-17(12)23)19(24)15-4-3-5-16(8-15)25-18-7-14(9-20)6-13(2)21-18/h3-8,12,17,23H,9-11,20H2,1-2H3/t12-,17-/m0/s1. The van der Waals surface area contributed by atoms with Gasteiger partial charge in [-0.15, -0.1) is 0 Å². The Morgan fingerprint density at radius 1 is 1.36 bits per heavy atom. The van der Waals surface area contributed by atoms with Crippen LogP contribution in [0.4, 0.5) is 0 Å². The lowest BCUT2D eigenvalue weighted by Gasteiger charge is -2.16. The van der Waals surface area contributed by atoms with Gasteiger partial charge in [0.2, 0.25) is 5.88 Å². The lowest BCUT2D eigenvalue weighted by atomic mass is 10.1. The zero-order valence-corrected chi connectivity index (χ0v) is 14.5. The number of nitrogens with two attached hydrogens (primary N) is 1. The summed E-state index contributed by atoms with van der Waals surface area (Å²) >= 11 is 0. The van der Waals surface area contributed by atoms with Gasteiger partial charge >= 0.3 is 0 Å². The zero-order chi connectivity index (χ0) is 18.0. The number of β-amino-alcohol motifs (C(OH)–C–C–N with tert-alkyl or cyclic N) is 1. The van der Waals surface area contributed by atoms with Crippen LogP contribution in [0.25, 0.3) is 0 Å². The van der Waals surface area contributed by atoms with Gasteiger partial charge in [-0.3, -0.25) is 4.79 Å². The highest BCUT2D eigenvalue weighted by atomic mass is 16.5. The molecule has 1 aromatic carbocycles. The van der Waals surface area contributed by atoms with Crippen LogP contribution in [0, 0.1) is 12.8 Å². The largest absolute Gasteiger partial charge is 0.439 e. The lowest BCUT2D eigenvalue weighted by Crippen LogP contribution is -2.29. The fourth-order valence-electron chi connectivity index (χ4n) is 2.99. The summed E-state index contributed by atoms with van der Waals surface area (Å²) in [5.41, 5.74) is 7.98. The predicted octanol–water partition coefficient (Wildman–Crippen LogP) is 2.09. The number of aliphatic hydroxyl groups excluding tert-OH is 1. The number of hydrogen-bond acceptors (Lipinski definition) is 5. The maximum Gasteiger partial charge on any atom is 0.254 e. The van der Waals surface area contributed by atoms with E-state index >= 15 is 0 Å². The second-order valence-electron chi connectivity index (χ2n) is 6.54. The third kappa shape index (κ3) is 3.97. The summed E-state index contributed by atoms with van der Waals surface area (Å²) in [6.45, 7) is 5.16. The number of nitrogens with zero attached hydrogens (tertiary/aromatic N) is 2. The number of likely N-dealkylation sites (tertiary alicyclic amines) is 1. The van der Waals surface area contributed by atoms with Crippen molar-refractivity contribution in [1.82, 2.24) is 9.88 Å². The van der Waals surface area contributed by atoms with E-state index < -0.39 is 6.10 Å². The van der Waals surface area contributed by atoms with Crippen LogP contribution in [-0.4, -0.2) is 40.1 Å². The number of amides is 1. The Morgan fingerprint density at radius 3 is 2.84 bits per heavy atom. The molecule has 0 spiro atoms. The molecule has 6 heteroatoms. The Kier molecular flexibility index (Phi) is 5.01. The van der Waals surface area contributed by atoms with E-state index in [0.29, 0.717) is 36.8 Å². The Balaban J connectivity index is 1.78. The highest BCUT2D eigenvalue weighted by Crippen LogP contribution is 2.24. The van der Waals surface area contributed by atoms with Crippen molar-refractivity contribution in [3.63, 3.8) is 0 Å². The van der Waals surface area contributed by atoms with E-state index in [1.165, 1.54) is 0 Å². The third-order valence-corrected chi connectivity index (χ3v) is 4.39. The number of ether oxygens (including phenoxy) is 1. The minimum Gasteiger partial charge on any atom is -0.439 e. The fourth-order valence-corrected chi connectivity index (χ4v) is 2.99. The molecule has 1 aliphatic heterocycles. The summed E-state index contributed by atoms with van der Waals surface area (Å²) in [6.07, 6.45) is -0.463. The average Bonchev–Trinajstić information content (AvgIpc) is 2.93. The molecular formula is C19H23N3O3. The van der Waals surface area contributed by atoms with Crippen LogP contribution in [0.15, 0.2) is 36.4 Å². The second kappa shape index (κ2) is 7.21. The molecule has 2 atom stereocenters. The molecule has 3 N–H and O–H groups in total. The summed E-state index contributed by atoms with van der Waals surface area (Å²) < 4.78 is 5.81. The SMILES string of the molecule is Cc1cc(CN)cc(Oc2cccc(C(=O)N3C[C@H](C)[C@@H](O)C3)c2)n1. The van der Waals surface area contributed by atoms with Crippen LogP contribution in [-0.2, 0) is 6.54 Å². The number of carbonyl (C=O) groups is 1. The Hall–Kier alpha value is -2.44. The predicted molar refractivity (Wildman–Crippen MR) is 94.5 cm³/mol. The van der Waals surface area contributed by atoms with Gasteiger partial charge in [0.25, 0.3) is 5.91 Å². The van der Waals surface area contributed by atoms with E-state index in [1.807, 2.05) is 19.9 Å². The van der Waals surface area contributed by atoms with E-state index in [2.05, 4.69) is 4.98 Å². The van der Waals surface area contributed by atoms with Crippen molar-refractivity contribution >= 4 is 5.91 Å². The van der Waals surface area contributed by atoms with Gasteiger partial charge in [-0.05, 0) is 36.8 Å². The van der Waals surface area contributed by atoms with Gasteiger partial charge in [-0.2, -0.15) is 0 Å². The van der Waals surface area contributed by atoms with Crippen molar-refractivity contribution in [2.45, 2.75) is 26.5 Å². The molecule has 2 heterocycles. The Bertz CT molecular complexity index is 768. The topological polar surface area (TPSA) is 88.7 Å². The molecule has 0 bridgehead atoms. The van der Waals surface area contributed by atoms with Gasteiger partial charge in [0.05, 0.1) is 6.10 Å². The molecule has 2 aromatic rings. The first kappa shape index (κ1) is 17.4. The molecule has 3 rings (SSSR count). The van der Waals surface area contributed by atoms with Crippen LogP contribution >= 0.6 is 0 Å². The molecular weight excluding hydrogens is 318 g/mol. The molecule has 132 valence electrons. The van der Waals surface area contributed by atoms with Gasteiger partial charge in [-0.25, -0.2) is 4.98 Å². The van der Waals surface area contributed by atoms with E-state index in [4.69, 9.17) is 10.5 Å². The minimum absolute atomic E-state index is 0.0922. The number of hydrogen-bond donors (Lipinski definition) is 2. The van der Waals surface area contributed by atoms with Crippen molar-refractivity contribution in [2.24, 2.45) is 11.7 Å². The molecule has 1 aromatic heterocycles. The number of aryl methyl sites for hydroxylation is 1. The highest BCUT2D eigenvalue weighted by Gasteiger charge is 2.31. The number of aliphatic hydroxyl groups is 1. The van der Waals surface area contributed by atoms with Gasteiger partial charge in [0.15, 0.2) is 0 Å². The maximum atomic E-state index is 12.6. The van der Waals surface area contributed by atoms with E-state index in [1.54, 1.807) is 35.2 Å². The first-order valence-electron chi connectivity index (χ1n) is 8.39. The average molecular weight is 341 g/mol. The molecule has 1 aliphatic rings. The quantitative estimate of drug-likeness (QED) is 0.889. The fraction of sp³-hybridized carbons (Fsp3) is 0.368. The van der Waals surface area contributed by atoms with E-state index in [-0.39, 0.29) is 11.8 Å². The van der Waals surface area contributed by atoms with Crippen molar-refractivity contribution in [3.05, 3.63) is 53.2 Å². The third-order valence-electron chi connectivity index (χ3n) is 4.39. The first-order valence-corrected chi connectivity index (χ1v) is 8.39. The molecule has 0 unspecified atom stereocenters. The number of benzene rings is 1. The summed E-state index contributed by atoms with van der Waals surface area (Å²) in [4.78, 5) is 18.6. The number of aromatic nitrogens is 1. The van der Waals surface area contributed by atoms with Crippen molar-refractivity contribution < 1.29 is 14.6 Å². The van der Waals surface area contributed by atoms with Crippen LogP contribution in [0.1, 0.15) is 28.5 Å². The zero-order valence-electron chi connectivity index (χ0n) is 14.5. The van der Waals surface area contributed by atoms with Gasteiger partial charge in [0.1, 0.15) is 5.75 Å². The second-order valence-corrected chi connectivity index (χ2v) is 6.54. The Morgan fingerprint density at radius 2 is 2.16 bits per heavy atom. The smallest absolute Gasteiger partial charge is 0.254 e. The van der Waals surface area contributed by atoms with E-state index in [0.717, 1.165) is 11.3 Å².